The van der Waals surface area contributed by atoms with Gasteiger partial charge in [-0.15, -0.1) is 0 Å². The molecule has 0 aromatic heterocycles. The number of nitrogens with zero attached hydrogens (tertiary/aromatic N) is 1. The van der Waals surface area contributed by atoms with Gasteiger partial charge in [0.15, 0.2) is 11.5 Å². The summed E-state index contributed by atoms with van der Waals surface area (Å²) in [7, 11) is 3.33. The van der Waals surface area contributed by atoms with E-state index in [2.05, 4.69) is 41.3 Å². The normalized spacial score (nSPS) is 22.2. The first kappa shape index (κ1) is 22.1. The minimum atomic E-state index is -0.561. The van der Waals surface area contributed by atoms with Crippen molar-refractivity contribution in [2.24, 2.45) is 0 Å². The number of hydrogen-bond acceptors (Lipinski definition) is 6. The van der Waals surface area contributed by atoms with Crippen LogP contribution in [-0.2, 0) is 15.9 Å². The van der Waals surface area contributed by atoms with Crippen molar-refractivity contribution < 1.29 is 24.1 Å². The van der Waals surface area contributed by atoms with Crippen molar-refractivity contribution in [2.75, 3.05) is 47.1 Å². The van der Waals surface area contributed by atoms with Crippen LogP contribution in [0.25, 0.3) is 0 Å². The third kappa shape index (κ3) is 5.21. The van der Waals surface area contributed by atoms with Gasteiger partial charge >= 0.3 is 0 Å². The van der Waals surface area contributed by atoms with Crippen LogP contribution in [0.1, 0.15) is 35.6 Å². The van der Waals surface area contributed by atoms with Crippen molar-refractivity contribution in [3.05, 3.63) is 59.2 Å². The lowest BCUT2D eigenvalue weighted by molar-refractivity contribution is -0.0279. The van der Waals surface area contributed by atoms with E-state index in [0.29, 0.717) is 19.8 Å². The molecule has 2 heterocycles. The van der Waals surface area contributed by atoms with E-state index in [0.717, 1.165) is 43.9 Å². The Morgan fingerprint density at radius 2 is 1.90 bits per heavy atom. The Labute approximate surface area is 184 Å². The highest BCUT2D eigenvalue weighted by Gasteiger charge is 2.31. The van der Waals surface area contributed by atoms with Gasteiger partial charge in [0.1, 0.15) is 0 Å². The molecule has 0 unspecified atom stereocenters. The smallest absolute Gasteiger partial charge is 0.161 e. The fourth-order valence-corrected chi connectivity index (χ4v) is 4.65. The number of methoxy groups -OCH3 is 2. The molecule has 2 aromatic carbocycles. The largest absolute Gasteiger partial charge is 0.493 e. The van der Waals surface area contributed by atoms with E-state index in [1.165, 1.54) is 16.7 Å². The van der Waals surface area contributed by atoms with Crippen LogP contribution >= 0.6 is 0 Å². The second kappa shape index (κ2) is 10.5. The second-order valence-electron chi connectivity index (χ2n) is 8.29. The second-order valence-corrected chi connectivity index (χ2v) is 8.29. The van der Waals surface area contributed by atoms with Crippen molar-refractivity contribution in [1.82, 2.24) is 4.90 Å². The summed E-state index contributed by atoms with van der Waals surface area (Å²) in [6.45, 7) is 3.08. The minimum Gasteiger partial charge on any atom is -0.493 e. The molecule has 0 amide bonds. The first-order valence-corrected chi connectivity index (χ1v) is 11.1. The molecule has 6 nitrogen and oxygen atoms in total. The maximum absolute atomic E-state index is 10.7. The number of β-amino-alcohol motifs (C(OH)–C–C–N with tert-alkyl or cyclic N) is 1. The predicted molar refractivity (Wildman–Crippen MR) is 119 cm³/mol. The molecule has 168 valence electrons. The number of ether oxygens (including phenoxy) is 4. The Kier molecular flexibility index (Phi) is 7.45. The monoisotopic (exact) mass is 427 g/mol. The van der Waals surface area contributed by atoms with Crippen molar-refractivity contribution in [3.63, 3.8) is 0 Å². The number of rotatable bonds is 9. The Hall–Kier alpha value is -2.12. The molecule has 0 spiro atoms. The lowest BCUT2D eigenvalue weighted by Crippen LogP contribution is -2.42. The van der Waals surface area contributed by atoms with E-state index in [9.17, 15) is 5.11 Å². The van der Waals surface area contributed by atoms with Crippen LogP contribution in [-0.4, -0.2) is 69.3 Å². The van der Waals surface area contributed by atoms with E-state index in [1.54, 1.807) is 14.2 Å². The van der Waals surface area contributed by atoms with Crippen LogP contribution in [0.5, 0.6) is 11.5 Å². The summed E-state index contributed by atoms with van der Waals surface area (Å²) in [5.74, 6) is 1.48. The molecule has 1 fully saturated rings. The average Bonchev–Trinajstić information content (AvgIpc) is 3.32. The number of benzene rings is 2. The van der Waals surface area contributed by atoms with E-state index in [-0.39, 0.29) is 12.1 Å². The molecular weight excluding hydrogens is 394 g/mol. The highest BCUT2D eigenvalue weighted by atomic mass is 16.5. The molecule has 2 aliphatic rings. The summed E-state index contributed by atoms with van der Waals surface area (Å²) >= 11 is 0. The summed E-state index contributed by atoms with van der Waals surface area (Å²) < 4.78 is 22.5. The fourth-order valence-electron chi connectivity index (χ4n) is 4.65. The number of aliphatic hydroxyl groups excluding tert-OH is 1. The Morgan fingerprint density at radius 3 is 2.61 bits per heavy atom. The maximum atomic E-state index is 10.7. The molecule has 0 bridgehead atoms. The molecule has 1 saturated heterocycles. The first-order chi connectivity index (χ1) is 15.2. The Bertz CT molecular complexity index is 837. The van der Waals surface area contributed by atoms with Gasteiger partial charge in [0, 0.05) is 19.7 Å². The predicted octanol–water partition coefficient (Wildman–Crippen LogP) is 3.21. The molecule has 0 saturated carbocycles. The van der Waals surface area contributed by atoms with Crippen LogP contribution in [0, 0.1) is 0 Å². The molecule has 2 aliphatic heterocycles. The molecule has 0 aliphatic carbocycles. The van der Waals surface area contributed by atoms with E-state index >= 15 is 0 Å². The summed E-state index contributed by atoms with van der Waals surface area (Å²) in [4.78, 5) is 2.34. The van der Waals surface area contributed by atoms with Crippen LogP contribution in [0.2, 0.25) is 0 Å². The highest BCUT2D eigenvalue weighted by Crippen LogP contribution is 2.41. The van der Waals surface area contributed by atoms with Crippen molar-refractivity contribution in [2.45, 2.75) is 37.5 Å². The van der Waals surface area contributed by atoms with Gasteiger partial charge in [-0.3, -0.25) is 4.90 Å². The summed E-state index contributed by atoms with van der Waals surface area (Å²) in [6.07, 6.45) is 2.64. The van der Waals surface area contributed by atoms with Gasteiger partial charge in [0.05, 0.1) is 45.7 Å². The zero-order valence-electron chi connectivity index (χ0n) is 18.5. The summed E-state index contributed by atoms with van der Waals surface area (Å²) in [5, 5.41) is 10.7. The first-order valence-electron chi connectivity index (χ1n) is 11.1. The van der Waals surface area contributed by atoms with Gasteiger partial charge in [-0.05, 0) is 48.1 Å². The maximum Gasteiger partial charge on any atom is 0.161 e. The van der Waals surface area contributed by atoms with Gasteiger partial charge in [0.2, 0.25) is 0 Å². The van der Waals surface area contributed by atoms with Crippen molar-refractivity contribution >= 4 is 0 Å². The van der Waals surface area contributed by atoms with Gasteiger partial charge in [0.25, 0.3) is 0 Å². The summed E-state index contributed by atoms with van der Waals surface area (Å²) in [5.41, 5.74) is 3.65. The zero-order chi connectivity index (χ0) is 21.6. The highest BCUT2D eigenvalue weighted by molar-refractivity contribution is 5.51. The molecule has 0 radical (unpaired) electrons. The lowest BCUT2D eigenvalue weighted by atomic mass is 9.87. The van der Waals surface area contributed by atoms with Gasteiger partial charge < -0.3 is 24.1 Å². The van der Waals surface area contributed by atoms with Crippen molar-refractivity contribution in [3.8, 4) is 11.5 Å². The molecule has 2 aromatic rings. The van der Waals surface area contributed by atoms with Gasteiger partial charge in [-0.2, -0.15) is 0 Å². The molecule has 31 heavy (non-hydrogen) atoms. The van der Waals surface area contributed by atoms with E-state index < -0.39 is 6.10 Å². The number of aliphatic hydroxyl groups is 1. The zero-order valence-corrected chi connectivity index (χ0v) is 18.5. The van der Waals surface area contributed by atoms with Crippen LogP contribution in [0.15, 0.2) is 42.5 Å². The van der Waals surface area contributed by atoms with Crippen LogP contribution < -0.4 is 9.47 Å². The van der Waals surface area contributed by atoms with Crippen LogP contribution in [0.4, 0.5) is 0 Å². The van der Waals surface area contributed by atoms with Gasteiger partial charge in [-0.25, -0.2) is 0 Å². The van der Waals surface area contributed by atoms with E-state index in [1.807, 2.05) is 6.07 Å². The number of hydrogen-bond donors (Lipinski definition) is 1. The topological polar surface area (TPSA) is 60.4 Å². The quantitative estimate of drug-likeness (QED) is 0.663. The number of fused-ring (bicyclic) bond motifs is 1. The Balaban J connectivity index is 1.52. The van der Waals surface area contributed by atoms with Gasteiger partial charge in [-0.1, -0.05) is 30.3 Å². The third-order valence-electron chi connectivity index (χ3n) is 6.17. The SMILES string of the molecule is COc1cc2c(cc1OC)[C@H](c1ccccc1)N(C[C@H](O)COC[C@@H]1CCCO1)CC2. The lowest BCUT2D eigenvalue weighted by Gasteiger charge is -2.39. The molecule has 3 atom stereocenters. The molecule has 6 heteroatoms. The minimum absolute atomic E-state index is 0.0394. The third-order valence-corrected chi connectivity index (χ3v) is 6.17. The Morgan fingerprint density at radius 1 is 1.13 bits per heavy atom. The fraction of sp³-hybridized carbons (Fsp3) is 0.520. The standard InChI is InChI=1S/C25H33NO5/c1-28-23-13-19-10-11-26(15-20(27)16-30-17-21-9-6-12-31-21)25(18-7-4-3-5-8-18)22(19)14-24(23)29-2/h3-5,7-8,13-14,20-21,25,27H,6,9-12,15-17H2,1-2H3/t20-,21-,25-/m0/s1. The molecule has 4 rings (SSSR count). The van der Waals surface area contributed by atoms with Crippen molar-refractivity contribution in [1.29, 1.82) is 0 Å². The van der Waals surface area contributed by atoms with E-state index in [4.69, 9.17) is 18.9 Å². The average molecular weight is 428 g/mol. The summed E-state index contributed by atoms with van der Waals surface area (Å²) in [6, 6.07) is 14.6. The molecular formula is C25H33NO5. The molecule has 1 N–H and O–H groups in total. The van der Waals surface area contributed by atoms with Crippen LogP contribution in [0.3, 0.4) is 0 Å².